The Morgan fingerprint density at radius 3 is 1.69 bits per heavy atom. The maximum Gasteiger partial charge on any atom is 0.490 e. The van der Waals surface area contributed by atoms with Crippen LogP contribution in [0.1, 0.15) is 60.7 Å². The molecule has 1 aliphatic heterocycles. The lowest BCUT2D eigenvalue weighted by Gasteiger charge is -2.32. The van der Waals surface area contributed by atoms with Crippen molar-refractivity contribution in [2.45, 2.75) is 77.9 Å². The summed E-state index contributed by atoms with van der Waals surface area (Å²) in [7, 11) is 0. The van der Waals surface area contributed by atoms with E-state index >= 15 is 0 Å². The summed E-state index contributed by atoms with van der Waals surface area (Å²) in [6.07, 6.45) is -5.93. The predicted molar refractivity (Wildman–Crippen MR) is 129 cm³/mol. The van der Waals surface area contributed by atoms with Crippen molar-refractivity contribution in [1.82, 2.24) is 19.9 Å². The molecule has 4 N–H and O–H groups in total. The van der Waals surface area contributed by atoms with Gasteiger partial charge in [-0.2, -0.15) is 26.3 Å². The molecule has 0 unspecified atom stereocenters. The van der Waals surface area contributed by atoms with E-state index in [-0.39, 0.29) is 0 Å². The Balaban J connectivity index is 0.000000449. The number of nitrogens with two attached hydrogens (primary N) is 1. The maximum absolute atomic E-state index is 10.6. The largest absolute Gasteiger partial charge is 0.490 e. The minimum Gasteiger partial charge on any atom is -0.475 e. The minimum absolute atomic E-state index is 0.431. The number of alkyl halides is 6. The number of aromatic nitrogens is 3. The molecule has 0 amide bonds. The maximum atomic E-state index is 10.6. The molecule has 0 radical (unpaired) electrons. The predicted octanol–water partition coefficient (Wildman–Crippen LogP) is 4.50. The van der Waals surface area contributed by atoms with Gasteiger partial charge in [-0.25, -0.2) is 14.3 Å². The summed E-state index contributed by atoms with van der Waals surface area (Å²) >= 11 is 0. The Kier molecular flexibility index (Phi) is 11.5. The number of piperidine rings is 1. The highest BCUT2D eigenvalue weighted by molar-refractivity contribution is 5.73. The molecular formula is C24H33F6N5O4. The molecule has 1 fully saturated rings. The third kappa shape index (κ3) is 11.2. The van der Waals surface area contributed by atoms with Crippen molar-refractivity contribution in [1.29, 1.82) is 0 Å². The van der Waals surface area contributed by atoms with Crippen LogP contribution in [0.3, 0.4) is 0 Å². The normalized spacial score (nSPS) is 15.1. The molecule has 1 saturated heterocycles. The van der Waals surface area contributed by atoms with E-state index in [9.17, 15) is 26.3 Å². The molecule has 15 heteroatoms. The highest BCUT2D eigenvalue weighted by Crippen LogP contribution is 2.26. The van der Waals surface area contributed by atoms with Crippen LogP contribution < -0.4 is 5.73 Å². The van der Waals surface area contributed by atoms with Gasteiger partial charge in [-0.05, 0) is 64.2 Å². The lowest BCUT2D eigenvalue weighted by Crippen LogP contribution is -2.34. The van der Waals surface area contributed by atoms with Gasteiger partial charge in [0.2, 0.25) is 0 Å². The Bertz CT molecular complexity index is 1070. The molecular weight excluding hydrogens is 536 g/mol. The number of carbonyl (C=O) groups is 2. The Hall–Kier alpha value is -3.20. The lowest BCUT2D eigenvalue weighted by atomic mass is 9.98. The van der Waals surface area contributed by atoms with E-state index in [1.54, 1.807) is 0 Å². The van der Waals surface area contributed by atoms with Crippen LogP contribution in [0.2, 0.25) is 0 Å². The van der Waals surface area contributed by atoms with E-state index in [2.05, 4.69) is 48.1 Å². The van der Waals surface area contributed by atoms with Gasteiger partial charge in [0.25, 0.3) is 0 Å². The van der Waals surface area contributed by atoms with Gasteiger partial charge in [-0.3, -0.25) is 4.90 Å². The monoisotopic (exact) mass is 569 g/mol. The van der Waals surface area contributed by atoms with Crippen molar-refractivity contribution >= 4 is 11.9 Å². The molecule has 220 valence electrons. The van der Waals surface area contributed by atoms with E-state index in [0.717, 1.165) is 38.2 Å². The summed E-state index contributed by atoms with van der Waals surface area (Å²) in [6, 6.07) is 5.02. The fourth-order valence-electron chi connectivity index (χ4n) is 3.78. The number of carboxylic acids is 2. The molecule has 39 heavy (non-hydrogen) atoms. The van der Waals surface area contributed by atoms with E-state index in [4.69, 9.17) is 25.5 Å². The highest BCUT2D eigenvalue weighted by Gasteiger charge is 2.38. The molecule has 3 rings (SSSR count). The molecule has 2 aromatic rings. The standard InChI is InChI=1S/C20H31N5.2C2HF3O2/c1-14-10-15(2)18(16(3)11-14)12-24-8-6-17(7-9-24)25-13-19(22-23-25)20(4,5)21;2*3-2(4,5)1(6)7/h10-11,13,17H,6-9,12,21H2,1-5H3;2*(H,6,7). The van der Waals surface area contributed by atoms with Crippen molar-refractivity contribution in [3.8, 4) is 0 Å². The number of halogens is 6. The van der Waals surface area contributed by atoms with Crippen molar-refractivity contribution in [2.24, 2.45) is 5.73 Å². The van der Waals surface area contributed by atoms with Crippen molar-refractivity contribution in [3.05, 3.63) is 46.3 Å². The first kappa shape index (κ1) is 33.8. The molecule has 0 bridgehead atoms. The first-order valence-corrected chi connectivity index (χ1v) is 11.7. The zero-order valence-corrected chi connectivity index (χ0v) is 22.2. The zero-order valence-electron chi connectivity index (χ0n) is 22.2. The summed E-state index contributed by atoms with van der Waals surface area (Å²) < 4.78 is 65.5. The van der Waals surface area contributed by atoms with Gasteiger partial charge in [0.05, 0.1) is 17.8 Å². The smallest absolute Gasteiger partial charge is 0.475 e. The van der Waals surface area contributed by atoms with Crippen molar-refractivity contribution in [3.63, 3.8) is 0 Å². The van der Waals surface area contributed by atoms with Crippen LogP contribution in [0.25, 0.3) is 0 Å². The number of hydrogen-bond donors (Lipinski definition) is 3. The van der Waals surface area contributed by atoms with Crippen LogP contribution in [0.4, 0.5) is 26.3 Å². The Morgan fingerprint density at radius 2 is 1.36 bits per heavy atom. The van der Waals surface area contributed by atoms with Crippen LogP contribution in [0, 0.1) is 20.8 Å². The van der Waals surface area contributed by atoms with Gasteiger partial charge in [0.15, 0.2) is 0 Å². The third-order valence-electron chi connectivity index (χ3n) is 5.81. The van der Waals surface area contributed by atoms with Crippen LogP contribution >= 0.6 is 0 Å². The third-order valence-corrected chi connectivity index (χ3v) is 5.81. The van der Waals surface area contributed by atoms with Crippen molar-refractivity contribution < 1.29 is 46.1 Å². The lowest BCUT2D eigenvalue weighted by molar-refractivity contribution is -0.193. The quantitative estimate of drug-likeness (QED) is 0.459. The van der Waals surface area contributed by atoms with Crippen LogP contribution in [0.5, 0.6) is 0 Å². The van der Waals surface area contributed by atoms with Crippen LogP contribution in [-0.2, 0) is 21.7 Å². The second-order valence-electron chi connectivity index (χ2n) is 9.80. The average molecular weight is 570 g/mol. The fraction of sp³-hybridized carbons (Fsp3) is 0.583. The first-order valence-electron chi connectivity index (χ1n) is 11.7. The van der Waals surface area contributed by atoms with Gasteiger partial charge in [-0.15, -0.1) is 5.10 Å². The number of carboxylic acid groups (broad SMARTS) is 2. The molecule has 0 saturated carbocycles. The Labute approximate surface area is 221 Å². The molecule has 0 spiro atoms. The SMILES string of the molecule is Cc1cc(C)c(CN2CCC(n3cc(C(C)(C)N)nn3)CC2)c(C)c1.O=C(O)C(F)(F)F.O=C(O)C(F)(F)F. The number of likely N-dealkylation sites (tertiary alicyclic amines) is 1. The van der Waals surface area contributed by atoms with Crippen molar-refractivity contribution in [2.75, 3.05) is 13.1 Å². The number of aliphatic carboxylic acids is 2. The summed E-state index contributed by atoms with van der Waals surface area (Å²) in [5.74, 6) is -5.51. The van der Waals surface area contributed by atoms with E-state index in [1.807, 2.05) is 24.7 Å². The molecule has 1 aliphatic rings. The molecule has 0 atom stereocenters. The second kappa shape index (κ2) is 13.2. The summed E-state index contributed by atoms with van der Waals surface area (Å²) in [6.45, 7) is 13.8. The fourth-order valence-corrected chi connectivity index (χ4v) is 3.78. The van der Waals surface area contributed by atoms with Crippen LogP contribution in [0.15, 0.2) is 18.3 Å². The first-order chi connectivity index (χ1) is 17.6. The molecule has 1 aromatic carbocycles. The van der Waals surface area contributed by atoms with E-state index in [0.29, 0.717) is 6.04 Å². The number of aryl methyl sites for hydroxylation is 3. The highest BCUT2D eigenvalue weighted by atomic mass is 19.4. The van der Waals surface area contributed by atoms with E-state index < -0.39 is 29.8 Å². The minimum atomic E-state index is -5.08. The second-order valence-corrected chi connectivity index (χ2v) is 9.80. The summed E-state index contributed by atoms with van der Waals surface area (Å²) in [4.78, 5) is 20.4. The summed E-state index contributed by atoms with van der Waals surface area (Å²) in [5, 5.41) is 22.8. The average Bonchev–Trinajstić information content (AvgIpc) is 3.27. The topological polar surface area (TPSA) is 135 Å². The number of hydrogen-bond acceptors (Lipinski definition) is 6. The van der Waals surface area contributed by atoms with Gasteiger partial charge in [0, 0.05) is 19.6 Å². The molecule has 1 aromatic heterocycles. The number of benzene rings is 1. The molecule has 0 aliphatic carbocycles. The van der Waals surface area contributed by atoms with Gasteiger partial charge >= 0.3 is 24.3 Å². The van der Waals surface area contributed by atoms with Gasteiger partial charge < -0.3 is 15.9 Å². The molecule has 2 heterocycles. The Morgan fingerprint density at radius 1 is 0.949 bits per heavy atom. The van der Waals surface area contributed by atoms with E-state index in [1.165, 1.54) is 22.3 Å². The van der Waals surface area contributed by atoms with Gasteiger partial charge in [0.1, 0.15) is 5.69 Å². The number of nitrogens with zero attached hydrogens (tertiary/aromatic N) is 4. The number of rotatable bonds is 4. The van der Waals surface area contributed by atoms with Crippen LogP contribution in [-0.4, -0.2) is 67.5 Å². The molecule has 9 nitrogen and oxygen atoms in total. The zero-order chi connectivity index (χ0) is 30.3. The summed E-state index contributed by atoms with van der Waals surface area (Å²) in [5.41, 5.74) is 12.2. The van der Waals surface area contributed by atoms with Gasteiger partial charge in [-0.1, -0.05) is 22.9 Å².